The van der Waals surface area contributed by atoms with E-state index in [1.807, 2.05) is 6.92 Å². The highest BCUT2D eigenvalue weighted by Gasteiger charge is 2.47. The number of rotatable bonds is 9. The van der Waals surface area contributed by atoms with Gasteiger partial charge in [0.1, 0.15) is 28.6 Å². The quantitative estimate of drug-likeness (QED) is 0.246. The molecule has 1 aliphatic heterocycles. The molecule has 38 heavy (non-hydrogen) atoms. The van der Waals surface area contributed by atoms with E-state index in [0.717, 1.165) is 0 Å². The third-order valence-electron chi connectivity index (χ3n) is 6.26. The van der Waals surface area contributed by atoms with Crippen LogP contribution in [0.4, 0.5) is 5.69 Å². The molecule has 3 aromatic rings. The second-order valence-electron chi connectivity index (χ2n) is 8.25. The van der Waals surface area contributed by atoms with Gasteiger partial charge >= 0.3 is 0 Å². The number of Topliss-reactive ketones (excluding diaryl/α,β-unsaturated/α-hetero) is 1. The third kappa shape index (κ3) is 4.58. The minimum absolute atomic E-state index is 0.124. The van der Waals surface area contributed by atoms with Crippen LogP contribution in [-0.2, 0) is 9.59 Å². The summed E-state index contributed by atoms with van der Waals surface area (Å²) in [5, 5.41) is 11.6. The van der Waals surface area contributed by atoms with Crippen LogP contribution in [0.15, 0.2) is 66.2 Å². The van der Waals surface area contributed by atoms with Gasteiger partial charge in [0, 0.05) is 5.69 Å². The highest BCUT2D eigenvalue weighted by molar-refractivity contribution is 6.51. The van der Waals surface area contributed by atoms with Gasteiger partial charge in [0.15, 0.2) is 11.5 Å². The Morgan fingerprint density at radius 3 is 2.00 bits per heavy atom. The van der Waals surface area contributed by atoms with Crippen LogP contribution >= 0.6 is 0 Å². The predicted octanol–water partition coefficient (Wildman–Crippen LogP) is 4.75. The molecule has 0 radical (unpaired) electrons. The zero-order chi connectivity index (χ0) is 27.4. The Balaban J connectivity index is 2.01. The van der Waals surface area contributed by atoms with Crippen molar-refractivity contribution in [1.29, 1.82) is 0 Å². The number of hydrogen-bond acceptors (Lipinski definition) is 8. The number of anilines is 1. The van der Waals surface area contributed by atoms with Gasteiger partial charge in [-0.05, 0) is 61.0 Å². The maximum atomic E-state index is 13.6. The van der Waals surface area contributed by atoms with Crippen LogP contribution < -0.4 is 28.6 Å². The van der Waals surface area contributed by atoms with Crippen LogP contribution in [0.1, 0.15) is 24.1 Å². The second-order valence-corrected chi connectivity index (χ2v) is 8.25. The number of benzene rings is 3. The summed E-state index contributed by atoms with van der Waals surface area (Å²) in [6, 6.07) is 15.8. The maximum Gasteiger partial charge on any atom is 0.300 e. The molecule has 3 aromatic carbocycles. The highest BCUT2D eigenvalue weighted by Crippen LogP contribution is 2.46. The molecule has 1 saturated heterocycles. The molecule has 1 amide bonds. The number of carbonyl (C=O) groups is 2. The van der Waals surface area contributed by atoms with E-state index >= 15 is 0 Å². The first kappa shape index (κ1) is 26.4. The average molecular weight is 520 g/mol. The molecule has 1 aliphatic rings. The zero-order valence-corrected chi connectivity index (χ0v) is 21.8. The molecule has 1 unspecified atom stereocenters. The number of methoxy groups -OCH3 is 4. The molecule has 0 spiro atoms. The summed E-state index contributed by atoms with van der Waals surface area (Å²) in [5.74, 6) is -0.0152. The molecule has 1 heterocycles. The molecule has 1 N–H and O–H groups in total. The number of nitrogens with zero attached hydrogens (tertiary/aromatic N) is 1. The second kappa shape index (κ2) is 11.2. The number of aliphatic hydroxyl groups is 1. The molecule has 9 heteroatoms. The van der Waals surface area contributed by atoms with Crippen molar-refractivity contribution >= 4 is 23.1 Å². The van der Waals surface area contributed by atoms with Crippen molar-refractivity contribution in [2.75, 3.05) is 39.9 Å². The van der Waals surface area contributed by atoms with E-state index < -0.39 is 23.5 Å². The summed E-state index contributed by atoms with van der Waals surface area (Å²) in [4.78, 5) is 28.4. The van der Waals surface area contributed by atoms with Gasteiger partial charge in [-0.25, -0.2) is 0 Å². The number of aliphatic hydroxyl groups excluding tert-OH is 1. The lowest BCUT2D eigenvalue weighted by atomic mass is 9.94. The first-order valence-electron chi connectivity index (χ1n) is 11.9. The van der Waals surface area contributed by atoms with Crippen molar-refractivity contribution in [3.8, 4) is 28.7 Å². The molecule has 0 bridgehead atoms. The fraction of sp³-hybridized carbons (Fsp3) is 0.241. The van der Waals surface area contributed by atoms with Gasteiger partial charge in [-0.1, -0.05) is 12.1 Å². The van der Waals surface area contributed by atoms with Gasteiger partial charge < -0.3 is 28.8 Å². The summed E-state index contributed by atoms with van der Waals surface area (Å²) < 4.78 is 27.3. The Morgan fingerprint density at radius 1 is 0.816 bits per heavy atom. The van der Waals surface area contributed by atoms with Gasteiger partial charge in [-0.3, -0.25) is 14.5 Å². The fourth-order valence-corrected chi connectivity index (χ4v) is 4.51. The molecule has 9 nitrogen and oxygen atoms in total. The van der Waals surface area contributed by atoms with Crippen molar-refractivity contribution in [2.24, 2.45) is 0 Å². The van der Waals surface area contributed by atoms with Gasteiger partial charge in [0.2, 0.25) is 0 Å². The molecule has 4 rings (SSSR count). The van der Waals surface area contributed by atoms with Crippen molar-refractivity contribution in [3.05, 3.63) is 77.4 Å². The van der Waals surface area contributed by atoms with Crippen LogP contribution in [0, 0.1) is 0 Å². The molecule has 1 atom stereocenters. The number of ketones is 1. The lowest BCUT2D eigenvalue weighted by Gasteiger charge is -2.26. The molecular weight excluding hydrogens is 490 g/mol. The lowest BCUT2D eigenvalue weighted by molar-refractivity contribution is -0.132. The van der Waals surface area contributed by atoms with Crippen molar-refractivity contribution in [2.45, 2.75) is 13.0 Å². The Hall–Kier alpha value is -4.66. The molecule has 0 aromatic heterocycles. The van der Waals surface area contributed by atoms with E-state index in [9.17, 15) is 14.7 Å². The standard InChI is InChI=1S/C29H29NO8/c1-6-38-23-16-17(10-15-20(23)35-3)26-25(27(31)24-21(36-4)8-7-9-22(24)37-5)28(32)29(33)30(26)18-11-13-19(34-2)14-12-18/h7-16,26,31H,6H2,1-5H3/b27-25+. The molecular formula is C29H29NO8. The van der Waals surface area contributed by atoms with E-state index in [0.29, 0.717) is 35.1 Å². The summed E-state index contributed by atoms with van der Waals surface area (Å²) in [6.45, 7) is 2.21. The maximum absolute atomic E-state index is 13.6. The smallest absolute Gasteiger partial charge is 0.300 e. The SMILES string of the molecule is CCOc1cc(C2/C(=C(\O)c3c(OC)cccc3OC)C(=O)C(=O)N2c2ccc(OC)cc2)ccc1OC. The Kier molecular flexibility index (Phi) is 7.76. The Bertz CT molecular complexity index is 1360. The topological polar surface area (TPSA) is 104 Å². The monoisotopic (exact) mass is 519 g/mol. The van der Waals surface area contributed by atoms with Gasteiger partial charge in [-0.15, -0.1) is 0 Å². The van der Waals surface area contributed by atoms with Gasteiger partial charge in [-0.2, -0.15) is 0 Å². The molecule has 0 saturated carbocycles. The van der Waals surface area contributed by atoms with Crippen LogP contribution in [0.2, 0.25) is 0 Å². The third-order valence-corrected chi connectivity index (χ3v) is 6.26. The number of ether oxygens (including phenoxy) is 5. The van der Waals surface area contributed by atoms with E-state index in [1.165, 1.54) is 33.3 Å². The van der Waals surface area contributed by atoms with E-state index in [2.05, 4.69) is 0 Å². The fourth-order valence-electron chi connectivity index (χ4n) is 4.51. The van der Waals surface area contributed by atoms with Crippen LogP contribution in [0.5, 0.6) is 28.7 Å². The van der Waals surface area contributed by atoms with Crippen LogP contribution in [0.3, 0.4) is 0 Å². The summed E-state index contributed by atoms with van der Waals surface area (Å²) in [7, 11) is 5.94. The first-order valence-corrected chi connectivity index (χ1v) is 11.9. The largest absolute Gasteiger partial charge is 0.506 e. The highest BCUT2D eigenvalue weighted by atomic mass is 16.5. The molecule has 0 aliphatic carbocycles. The number of carbonyl (C=O) groups excluding carboxylic acids is 2. The molecule has 198 valence electrons. The van der Waals surface area contributed by atoms with Crippen molar-refractivity contribution < 1.29 is 38.4 Å². The van der Waals surface area contributed by atoms with Crippen LogP contribution in [-0.4, -0.2) is 51.8 Å². The summed E-state index contributed by atoms with van der Waals surface area (Å²) in [5.41, 5.74) is 1.01. The normalized spacial score (nSPS) is 16.3. The number of hydrogen-bond donors (Lipinski definition) is 1. The predicted molar refractivity (Wildman–Crippen MR) is 141 cm³/mol. The molecule has 1 fully saturated rings. The van der Waals surface area contributed by atoms with E-state index in [4.69, 9.17) is 23.7 Å². The zero-order valence-electron chi connectivity index (χ0n) is 21.8. The van der Waals surface area contributed by atoms with Gasteiger partial charge in [0.05, 0.1) is 46.7 Å². The summed E-state index contributed by atoms with van der Waals surface area (Å²) >= 11 is 0. The van der Waals surface area contributed by atoms with E-state index in [-0.39, 0.29) is 22.6 Å². The van der Waals surface area contributed by atoms with E-state index in [1.54, 1.807) is 60.7 Å². The van der Waals surface area contributed by atoms with Crippen molar-refractivity contribution in [3.63, 3.8) is 0 Å². The first-order chi connectivity index (χ1) is 18.4. The van der Waals surface area contributed by atoms with Gasteiger partial charge in [0.25, 0.3) is 11.7 Å². The minimum atomic E-state index is -0.997. The van der Waals surface area contributed by atoms with Crippen LogP contribution in [0.25, 0.3) is 5.76 Å². The summed E-state index contributed by atoms with van der Waals surface area (Å²) in [6.07, 6.45) is 0. The average Bonchev–Trinajstić information content (AvgIpc) is 3.22. The lowest BCUT2D eigenvalue weighted by Crippen LogP contribution is -2.29. The number of amides is 1. The minimum Gasteiger partial charge on any atom is -0.506 e. The Morgan fingerprint density at radius 2 is 1.45 bits per heavy atom. The van der Waals surface area contributed by atoms with Crippen molar-refractivity contribution in [1.82, 2.24) is 0 Å². The Labute approximate surface area is 220 Å².